The average Bonchev–Trinajstić information content (AvgIpc) is 3.08. The Kier molecular flexibility index (Phi) is 5.23. The smallest absolute Gasteiger partial charge is 0.251 e. The summed E-state index contributed by atoms with van der Waals surface area (Å²) in [5, 5.41) is 4.16. The number of H-pyrrole nitrogens is 1. The topological polar surface area (TPSA) is 96.7 Å². The first-order valence-electron chi connectivity index (χ1n) is 9.93. The van der Waals surface area contributed by atoms with E-state index < -0.39 is 0 Å². The lowest BCUT2D eigenvalue weighted by Crippen LogP contribution is -2.24. The van der Waals surface area contributed by atoms with Gasteiger partial charge >= 0.3 is 0 Å². The number of carbonyl (C=O) groups excluding carboxylic acids is 1. The van der Waals surface area contributed by atoms with Gasteiger partial charge in [-0.1, -0.05) is 11.6 Å². The monoisotopic (exact) mass is 399 g/mol. The van der Waals surface area contributed by atoms with E-state index in [1.54, 1.807) is 12.3 Å². The minimum atomic E-state index is -0.137. The number of carbonyl (C=O) groups is 1. The van der Waals surface area contributed by atoms with Crippen molar-refractivity contribution in [1.82, 2.24) is 20.3 Å². The minimum Gasteiger partial charge on any atom is -0.384 e. The van der Waals surface area contributed by atoms with Crippen molar-refractivity contribution in [2.75, 3.05) is 5.73 Å². The van der Waals surface area contributed by atoms with Crippen LogP contribution in [0.1, 0.15) is 44.1 Å². The standard InChI is InChI=1S/C24H25N5O/c1-14-4-5-22-18(8-14)11-20(29-22)12-19-10-17(6-7-26-19)24(30)27-13-21-15(2)9-23(25)28-16(21)3/h4-11,29H,12-13H2,1-3H3,(H2,25,28)(H,27,30). The van der Waals surface area contributed by atoms with Crippen molar-refractivity contribution in [3.8, 4) is 0 Å². The molecule has 0 atom stereocenters. The van der Waals surface area contributed by atoms with Crippen molar-refractivity contribution >= 4 is 22.6 Å². The van der Waals surface area contributed by atoms with Crippen molar-refractivity contribution in [2.45, 2.75) is 33.7 Å². The van der Waals surface area contributed by atoms with Crippen molar-refractivity contribution in [3.05, 3.63) is 88.0 Å². The predicted molar refractivity (Wildman–Crippen MR) is 119 cm³/mol. The number of nitrogens with two attached hydrogens (primary N) is 1. The third-order valence-electron chi connectivity index (χ3n) is 5.28. The van der Waals surface area contributed by atoms with E-state index in [1.165, 1.54) is 10.9 Å². The highest BCUT2D eigenvalue weighted by atomic mass is 16.1. The van der Waals surface area contributed by atoms with E-state index in [2.05, 4.69) is 51.5 Å². The van der Waals surface area contributed by atoms with Crippen molar-refractivity contribution in [2.24, 2.45) is 0 Å². The van der Waals surface area contributed by atoms with Crippen LogP contribution >= 0.6 is 0 Å². The molecule has 0 saturated heterocycles. The zero-order valence-electron chi connectivity index (χ0n) is 17.4. The van der Waals surface area contributed by atoms with E-state index >= 15 is 0 Å². The summed E-state index contributed by atoms with van der Waals surface area (Å²) in [6.07, 6.45) is 2.31. The fourth-order valence-corrected chi connectivity index (χ4v) is 3.74. The van der Waals surface area contributed by atoms with Crippen LogP contribution in [0.5, 0.6) is 0 Å². The van der Waals surface area contributed by atoms with Crippen molar-refractivity contribution in [1.29, 1.82) is 0 Å². The molecular formula is C24H25N5O. The molecule has 4 rings (SSSR count). The van der Waals surface area contributed by atoms with Crippen LogP contribution in [0.2, 0.25) is 0 Å². The van der Waals surface area contributed by atoms with Crippen LogP contribution in [0.3, 0.4) is 0 Å². The second-order valence-corrected chi connectivity index (χ2v) is 7.71. The predicted octanol–water partition coefficient (Wildman–Crippen LogP) is 3.99. The number of pyridine rings is 2. The number of benzene rings is 1. The lowest BCUT2D eigenvalue weighted by atomic mass is 10.1. The molecule has 0 fully saturated rings. The molecule has 1 aromatic carbocycles. The Morgan fingerprint density at radius 2 is 1.93 bits per heavy atom. The van der Waals surface area contributed by atoms with Crippen molar-refractivity contribution in [3.63, 3.8) is 0 Å². The molecule has 0 unspecified atom stereocenters. The lowest BCUT2D eigenvalue weighted by molar-refractivity contribution is 0.0950. The van der Waals surface area contributed by atoms with Crippen LogP contribution in [-0.2, 0) is 13.0 Å². The highest BCUT2D eigenvalue weighted by Crippen LogP contribution is 2.19. The molecule has 3 heterocycles. The summed E-state index contributed by atoms with van der Waals surface area (Å²) >= 11 is 0. The summed E-state index contributed by atoms with van der Waals surface area (Å²) in [5.74, 6) is 0.354. The maximum absolute atomic E-state index is 12.7. The van der Waals surface area contributed by atoms with Gasteiger partial charge in [0.05, 0.1) is 0 Å². The first kappa shape index (κ1) is 19.6. The fraction of sp³-hybridized carbons (Fsp3) is 0.208. The van der Waals surface area contributed by atoms with Gasteiger partial charge in [-0.15, -0.1) is 0 Å². The number of nitrogen functional groups attached to an aromatic ring is 1. The van der Waals surface area contributed by atoms with Crippen molar-refractivity contribution < 1.29 is 4.79 Å². The first-order chi connectivity index (χ1) is 14.4. The Balaban J connectivity index is 1.47. The van der Waals surface area contributed by atoms with Crippen LogP contribution in [0.4, 0.5) is 5.82 Å². The van der Waals surface area contributed by atoms with E-state index in [0.29, 0.717) is 24.3 Å². The number of nitrogens with zero attached hydrogens (tertiary/aromatic N) is 2. The summed E-state index contributed by atoms with van der Waals surface area (Å²) in [6, 6.07) is 13.9. The molecule has 0 aliphatic heterocycles. The number of nitrogens with one attached hydrogen (secondary N) is 2. The molecule has 0 bridgehead atoms. The number of amides is 1. The Labute approximate surface area is 175 Å². The molecule has 0 aliphatic rings. The maximum Gasteiger partial charge on any atom is 0.251 e. The van der Waals surface area contributed by atoms with Gasteiger partial charge < -0.3 is 16.0 Å². The molecule has 3 aromatic heterocycles. The van der Waals surface area contributed by atoms with Gasteiger partial charge in [0.1, 0.15) is 5.82 Å². The number of aromatic nitrogens is 3. The molecule has 4 aromatic rings. The second kappa shape index (κ2) is 7.99. The third-order valence-corrected chi connectivity index (χ3v) is 5.28. The summed E-state index contributed by atoms with van der Waals surface area (Å²) in [5.41, 5.74) is 13.4. The zero-order chi connectivity index (χ0) is 21.3. The highest BCUT2D eigenvalue weighted by Gasteiger charge is 2.11. The molecular weight excluding hydrogens is 374 g/mol. The number of anilines is 1. The molecule has 30 heavy (non-hydrogen) atoms. The summed E-state index contributed by atoms with van der Waals surface area (Å²) in [4.78, 5) is 24.8. The Bertz CT molecular complexity index is 1220. The lowest BCUT2D eigenvalue weighted by Gasteiger charge is -2.12. The molecule has 0 aliphatic carbocycles. The van der Waals surface area contributed by atoms with Crippen LogP contribution in [0, 0.1) is 20.8 Å². The molecule has 1 amide bonds. The number of rotatable bonds is 5. The average molecular weight is 399 g/mol. The van der Waals surface area contributed by atoms with Gasteiger partial charge in [-0.2, -0.15) is 0 Å². The van der Waals surface area contributed by atoms with Gasteiger partial charge in [0.2, 0.25) is 0 Å². The fourth-order valence-electron chi connectivity index (χ4n) is 3.74. The number of hydrogen-bond acceptors (Lipinski definition) is 4. The van der Waals surface area contributed by atoms with Crippen LogP contribution in [0.25, 0.3) is 10.9 Å². The molecule has 6 heteroatoms. The normalized spacial score (nSPS) is 11.0. The van der Waals surface area contributed by atoms with Gasteiger partial charge in [0, 0.05) is 47.3 Å². The van der Waals surface area contributed by atoms with E-state index in [-0.39, 0.29) is 5.91 Å². The maximum atomic E-state index is 12.7. The van der Waals surface area contributed by atoms with E-state index in [1.807, 2.05) is 26.0 Å². The second-order valence-electron chi connectivity index (χ2n) is 7.71. The van der Waals surface area contributed by atoms with E-state index in [9.17, 15) is 4.79 Å². The molecule has 0 radical (unpaired) electrons. The Morgan fingerprint density at radius 3 is 2.73 bits per heavy atom. The number of hydrogen-bond donors (Lipinski definition) is 3. The molecule has 152 valence electrons. The zero-order valence-corrected chi connectivity index (χ0v) is 17.4. The van der Waals surface area contributed by atoms with Gasteiger partial charge in [-0.05, 0) is 73.7 Å². The Morgan fingerprint density at radius 1 is 1.10 bits per heavy atom. The molecule has 0 spiro atoms. The molecule has 4 N–H and O–H groups in total. The number of fused-ring (bicyclic) bond motifs is 1. The molecule has 6 nitrogen and oxygen atoms in total. The first-order valence-corrected chi connectivity index (χ1v) is 9.93. The molecule has 0 saturated carbocycles. The summed E-state index contributed by atoms with van der Waals surface area (Å²) in [7, 11) is 0. The van der Waals surface area contributed by atoms with Gasteiger partial charge in [-0.3, -0.25) is 9.78 Å². The Hall–Kier alpha value is -3.67. The van der Waals surface area contributed by atoms with Crippen LogP contribution < -0.4 is 11.1 Å². The van der Waals surface area contributed by atoms with Gasteiger partial charge in [0.25, 0.3) is 5.91 Å². The number of aryl methyl sites for hydroxylation is 3. The van der Waals surface area contributed by atoms with Crippen LogP contribution in [0.15, 0.2) is 48.7 Å². The van der Waals surface area contributed by atoms with Gasteiger partial charge in [0.15, 0.2) is 0 Å². The van der Waals surface area contributed by atoms with E-state index in [0.717, 1.165) is 33.7 Å². The summed E-state index contributed by atoms with van der Waals surface area (Å²) < 4.78 is 0. The number of aromatic amines is 1. The quantitative estimate of drug-likeness (QED) is 0.473. The summed E-state index contributed by atoms with van der Waals surface area (Å²) in [6.45, 7) is 6.36. The van der Waals surface area contributed by atoms with Crippen LogP contribution in [-0.4, -0.2) is 20.9 Å². The minimum absolute atomic E-state index is 0.137. The highest BCUT2D eigenvalue weighted by molar-refractivity contribution is 5.94. The largest absolute Gasteiger partial charge is 0.384 e. The SMILES string of the molecule is Cc1ccc2[nH]c(Cc3cc(C(=O)NCc4c(C)cc(N)nc4C)ccn3)cc2c1. The van der Waals surface area contributed by atoms with E-state index in [4.69, 9.17) is 5.73 Å². The third kappa shape index (κ3) is 4.17. The van der Waals surface area contributed by atoms with Gasteiger partial charge in [-0.25, -0.2) is 4.98 Å².